The summed E-state index contributed by atoms with van der Waals surface area (Å²) in [7, 11) is 1.60. The lowest BCUT2D eigenvalue weighted by Crippen LogP contribution is -2.17. The molecule has 2 aromatic heterocycles. The molecule has 8 heteroatoms. The third-order valence-corrected chi connectivity index (χ3v) is 4.46. The Bertz CT molecular complexity index is 1220. The van der Waals surface area contributed by atoms with Crippen LogP contribution in [0.5, 0.6) is 5.75 Å². The van der Waals surface area contributed by atoms with Gasteiger partial charge in [0.15, 0.2) is 12.3 Å². The summed E-state index contributed by atoms with van der Waals surface area (Å²) in [6, 6.07) is 20.4. The third kappa shape index (κ3) is 3.91. The summed E-state index contributed by atoms with van der Waals surface area (Å²) in [6.45, 7) is 0.0121. The lowest BCUT2D eigenvalue weighted by Gasteiger charge is -2.05. The van der Waals surface area contributed by atoms with Crippen LogP contribution in [0, 0.1) is 11.3 Å². The number of hydrogen-bond acceptors (Lipinski definition) is 6. The number of nitrogens with one attached hydrogen (secondary N) is 2. The quantitative estimate of drug-likeness (QED) is 0.516. The molecular formula is C22H18N6O2. The van der Waals surface area contributed by atoms with E-state index in [4.69, 9.17) is 10.00 Å². The summed E-state index contributed by atoms with van der Waals surface area (Å²) >= 11 is 0. The van der Waals surface area contributed by atoms with Crippen LogP contribution in [0.25, 0.3) is 16.8 Å². The maximum Gasteiger partial charge on any atom is 0.251 e. The lowest BCUT2D eigenvalue weighted by molar-refractivity contribution is 0.0963. The summed E-state index contributed by atoms with van der Waals surface area (Å²) in [6.07, 6.45) is 1.83. The largest absolute Gasteiger partial charge is 0.479 e. The van der Waals surface area contributed by atoms with Crippen LogP contribution < -0.4 is 15.4 Å². The number of nitrogens with zero attached hydrogens (tertiary/aromatic N) is 4. The predicted octanol–water partition coefficient (Wildman–Crippen LogP) is 3.40. The average Bonchev–Trinajstić information content (AvgIpc) is 3.20. The van der Waals surface area contributed by atoms with Crippen molar-refractivity contribution >= 4 is 23.2 Å². The van der Waals surface area contributed by atoms with Crippen LogP contribution in [0.3, 0.4) is 0 Å². The molecule has 0 aliphatic carbocycles. The molecule has 0 fully saturated rings. The molecular weight excluding hydrogens is 380 g/mol. The van der Waals surface area contributed by atoms with Crippen molar-refractivity contribution in [1.82, 2.24) is 19.9 Å². The van der Waals surface area contributed by atoms with Crippen LogP contribution in [-0.4, -0.2) is 34.2 Å². The Balaban J connectivity index is 1.59. The maximum atomic E-state index is 11.7. The van der Waals surface area contributed by atoms with Crippen molar-refractivity contribution in [2.24, 2.45) is 0 Å². The zero-order valence-corrected chi connectivity index (χ0v) is 16.2. The molecule has 2 aromatic carbocycles. The fraction of sp³-hybridized carbons (Fsp3) is 0.0909. The Hall–Kier alpha value is -4.38. The molecule has 4 rings (SSSR count). The van der Waals surface area contributed by atoms with E-state index < -0.39 is 0 Å². The van der Waals surface area contributed by atoms with Gasteiger partial charge in [-0.2, -0.15) is 10.2 Å². The van der Waals surface area contributed by atoms with E-state index in [0.717, 1.165) is 16.8 Å². The Morgan fingerprint density at radius 1 is 1.13 bits per heavy atom. The van der Waals surface area contributed by atoms with E-state index in [9.17, 15) is 4.79 Å². The zero-order valence-electron chi connectivity index (χ0n) is 16.2. The Labute approximate surface area is 172 Å². The number of nitriles is 1. The normalized spacial score (nSPS) is 10.4. The van der Waals surface area contributed by atoms with Crippen LogP contribution in [0.1, 0.15) is 10.4 Å². The Morgan fingerprint density at radius 2 is 1.90 bits per heavy atom. The summed E-state index contributed by atoms with van der Waals surface area (Å²) in [5.41, 5.74) is 3.93. The SMILES string of the molecule is CNC(=O)c1ccc(Nc2nc3c(-c4ccc(OCC#N)cc4)cccn3n2)cc1. The minimum Gasteiger partial charge on any atom is -0.479 e. The first kappa shape index (κ1) is 19.0. The second-order valence-electron chi connectivity index (χ2n) is 6.38. The monoisotopic (exact) mass is 398 g/mol. The molecule has 0 radical (unpaired) electrons. The number of anilines is 2. The predicted molar refractivity (Wildman–Crippen MR) is 113 cm³/mol. The molecule has 30 heavy (non-hydrogen) atoms. The highest BCUT2D eigenvalue weighted by Gasteiger charge is 2.11. The van der Waals surface area contributed by atoms with E-state index in [1.54, 1.807) is 35.8 Å². The number of hydrogen-bond donors (Lipinski definition) is 2. The first-order chi connectivity index (χ1) is 14.7. The van der Waals surface area contributed by atoms with Crippen molar-refractivity contribution in [3.63, 3.8) is 0 Å². The number of aromatic nitrogens is 3. The molecule has 2 N–H and O–H groups in total. The number of carbonyl (C=O) groups is 1. The third-order valence-electron chi connectivity index (χ3n) is 4.46. The van der Waals surface area contributed by atoms with Crippen molar-refractivity contribution < 1.29 is 9.53 Å². The minimum absolute atomic E-state index is 0.0121. The van der Waals surface area contributed by atoms with Crippen molar-refractivity contribution in [3.05, 3.63) is 72.4 Å². The minimum atomic E-state index is -0.138. The molecule has 148 valence electrons. The average molecular weight is 398 g/mol. The highest BCUT2D eigenvalue weighted by atomic mass is 16.5. The number of pyridine rings is 1. The summed E-state index contributed by atoms with van der Waals surface area (Å²) in [5, 5.41) is 18.9. The van der Waals surface area contributed by atoms with Gasteiger partial charge >= 0.3 is 0 Å². The first-order valence-corrected chi connectivity index (χ1v) is 9.22. The summed E-state index contributed by atoms with van der Waals surface area (Å²) < 4.78 is 7.01. The molecule has 1 amide bonds. The van der Waals surface area contributed by atoms with Gasteiger partial charge < -0.3 is 15.4 Å². The number of fused-ring (bicyclic) bond motifs is 1. The van der Waals surface area contributed by atoms with Gasteiger partial charge in [-0.05, 0) is 54.1 Å². The van der Waals surface area contributed by atoms with Gasteiger partial charge in [-0.1, -0.05) is 12.1 Å². The lowest BCUT2D eigenvalue weighted by atomic mass is 10.1. The highest BCUT2D eigenvalue weighted by Crippen LogP contribution is 2.27. The molecule has 0 saturated carbocycles. The molecule has 0 aliphatic rings. The van der Waals surface area contributed by atoms with Crippen LogP contribution in [0.4, 0.5) is 11.6 Å². The highest BCUT2D eigenvalue weighted by molar-refractivity contribution is 5.94. The molecule has 0 unspecified atom stereocenters. The van der Waals surface area contributed by atoms with Crippen molar-refractivity contribution in [2.45, 2.75) is 0 Å². The van der Waals surface area contributed by atoms with Gasteiger partial charge in [-0.3, -0.25) is 4.79 Å². The van der Waals surface area contributed by atoms with Gasteiger partial charge in [-0.15, -0.1) is 5.10 Å². The van der Waals surface area contributed by atoms with Gasteiger partial charge in [0.25, 0.3) is 5.91 Å². The molecule has 0 bridgehead atoms. The van der Waals surface area contributed by atoms with E-state index in [0.29, 0.717) is 22.9 Å². The van der Waals surface area contributed by atoms with Crippen molar-refractivity contribution in [3.8, 4) is 22.9 Å². The van der Waals surface area contributed by atoms with Crippen molar-refractivity contribution in [1.29, 1.82) is 5.26 Å². The molecule has 0 aliphatic heterocycles. The van der Waals surface area contributed by atoms with E-state index in [1.807, 2.05) is 48.7 Å². The number of rotatable bonds is 6. The smallest absolute Gasteiger partial charge is 0.251 e. The Morgan fingerprint density at radius 3 is 2.60 bits per heavy atom. The topological polar surface area (TPSA) is 104 Å². The van der Waals surface area contributed by atoms with E-state index >= 15 is 0 Å². The Kier molecular flexibility index (Phi) is 5.26. The van der Waals surface area contributed by atoms with E-state index in [2.05, 4.69) is 20.7 Å². The molecule has 0 atom stereocenters. The van der Waals surface area contributed by atoms with E-state index in [-0.39, 0.29) is 12.5 Å². The number of benzene rings is 2. The van der Waals surface area contributed by atoms with Gasteiger partial charge in [0.2, 0.25) is 5.95 Å². The molecule has 0 saturated heterocycles. The molecule has 8 nitrogen and oxygen atoms in total. The number of carbonyl (C=O) groups excluding carboxylic acids is 1. The van der Waals surface area contributed by atoms with Crippen LogP contribution >= 0.6 is 0 Å². The van der Waals surface area contributed by atoms with Crippen molar-refractivity contribution in [2.75, 3.05) is 19.0 Å². The molecule has 0 spiro atoms. The van der Waals surface area contributed by atoms with Gasteiger partial charge in [0.05, 0.1) is 0 Å². The summed E-state index contributed by atoms with van der Waals surface area (Å²) in [4.78, 5) is 16.3. The molecule has 2 heterocycles. The van der Waals surface area contributed by atoms with Gasteiger partial charge in [0.1, 0.15) is 11.8 Å². The first-order valence-electron chi connectivity index (χ1n) is 9.22. The standard InChI is InChI=1S/C22H18N6O2/c1-24-21(29)16-4-8-17(9-5-16)25-22-26-20-19(3-2-13-28(20)27-22)15-6-10-18(11-7-15)30-14-12-23/h2-11,13H,14H2,1H3,(H,24,29)(H,25,27). The summed E-state index contributed by atoms with van der Waals surface area (Å²) in [5.74, 6) is 0.946. The number of amides is 1. The van der Waals surface area contributed by atoms with Crippen LogP contribution in [-0.2, 0) is 0 Å². The fourth-order valence-corrected chi connectivity index (χ4v) is 3.01. The van der Waals surface area contributed by atoms with Gasteiger partial charge in [-0.25, -0.2) is 4.52 Å². The molecule has 4 aromatic rings. The van der Waals surface area contributed by atoms with Gasteiger partial charge in [0, 0.05) is 30.1 Å². The van der Waals surface area contributed by atoms with E-state index in [1.165, 1.54) is 0 Å². The fourth-order valence-electron chi connectivity index (χ4n) is 3.01. The second kappa shape index (κ2) is 8.32. The maximum absolute atomic E-state index is 11.7. The zero-order chi connectivity index (χ0) is 20.9. The van der Waals surface area contributed by atoms with Crippen LogP contribution in [0.2, 0.25) is 0 Å². The second-order valence-corrected chi connectivity index (χ2v) is 6.38. The van der Waals surface area contributed by atoms with Crippen LogP contribution in [0.15, 0.2) is 66.9 Å². The number of ether oxygens (including phenoxy) is 1.